The highest BCUT2D eigenvalue weighted by atomic mass is 35.5. The van der Waals surface area contributed by atoms with E-state index in [0.717, 1.165) is 35.8 Å². The molecule has 1 saturated carbocycles. The Bertz CT molecular complexity index is 470. The number of carbonyl (C=O) groups is 1. The Labute approximate surface area is 139 Å². The molecule has 3 nitrogen and oxygen atoms in total. The molecule has 0 aliphatic heterocycles. The largest absolute Gasteiger partial charge is 0.394 e. The molecule has 2 N–H and O–H groups in total. The van der Waals surface area contributed by atoms with E-state index in [4.69, 9.17) is 11.6 Å². The molecule has 0 spiro atoms. The first-order chi connectivity index (χ1) is 10.0. The lowest BCUT2D eigenvalue weighted by molar-refractivity contribution is -0.121. The fourth-order valence-corrected chi connectivity index (χ4v) is 4.67. The van der Waals surface area contributed by atoms with Crippen molar-refractivity contribution in [3.8, 4) is 0 Å². The second-order valence-electron chi connectivity index (χ2n) is 5.87. The van der Waals surface area contributed by atoms with Crippen molar-refractivity contribution in [2.75, 3.05) is 12.4 Å². The molecular weight excluding hydrogens is 326 g/mol. The Morgan fingerprint density at radius 3 is 2.81 bits per heavy atom. The van der Waals surface area contributed by atoms with Crippen molar-refractivity contribution in [1.29, 1.82) is 0 Å². The van der Waals surface area contributed by atoms with Crippen LogP contribution in [0.4, 0.5) is 0 Å². The zero-order chi connectivity index (χ0) is 15.3. The SMILES string of the molecule is CC1CCC(CO)(NC(=O)CSCc2ccc(Cl)s2)CC1. The molecule has 1 aliphatic rings. The molecule has 0 unspecified atom stereocenters. The maximum absolute atomic E-state index is 12.1. The Morgan fingerprint density at radius 2 is 2.24 bits per heavy atom. The van der Waals surface area contributed by atoms with Crippen LogP contribution < -0.4 is 5.32 Å². The number of amides is 1. The first-order valence-corrected chi connectivity index (χ1v) is 9.62. The van der Waals surface area contributed by atoms with Crippen LogP contribution in [0.5, 0.6) is 0 Å². The van der Waals surface area contributed by atoms with E-state index in [1.54, 1.807) is 23.1 Å². The molecule has 1 aromatic rings. The lowest BCUT2D eigenvalue weighted by atomic mass is 9.77. The number of thioether (sulfide) groups is 1. The van der Waals surface area contributed by atoms with Gasteiger partial charge in [-0.1, -0.05) is 18.5 Å². The average Bonchev–Trinajstić information content (AvgIpc) is 2.87. The summed E-state index contributed by atoms with van der Waals surface area (Å²) in [5.41, 5.74) is -0.392. The van der Waals surface area contributed by atoms with E-state index in [9.17, 15) is 9.90 Å². The Kier molecular flexibility index (Phi) is 6.41. The second kappa shape index (κ2) is 7.86. The molecule has 1 amide bonds. The molecule has 1 fully saturated rings. The summed E-state index contributed by atoms with van der Waals surface area (Å²) < 4.78 is 0.783. The standard InChI is InChI=1S/C15H22ClNO2S2/c1-11-4-6-15(10-18,7-5-11)17-14(19)9-20-8-12-2-3-13(16)21-12/h2-3,11,18H,4-10H2,1H3,(H,17,19). The van der Waals surface area contributed by atoms with Gasteiger partial charge in [-0.3, -0.25) is 4.79 Å². The van der Waals surface area contributed by atoms with E-state index in [1.807, 2.05) is 12.1 Å². The third-order valence-corrected chi connectivity index (χ3v) is 6.44. The summed E-state index contributed by atoms with van der Waals surface area (Å²) >= 11 is 9.02. The average molecular weight is 348 g/mol. The van der Waals surface area contributed by atoms with Gasteiger partial charge in [-0.15, -0.1) is 23.1 Å². The van der Waals surface area contributed by atoms with Gasteiger partial charge in [-0.05, 0) is 43.7 Å². The summed E-state index contributed by atoms with van der Waals surface area (Å²) in [6.07, 6.45) is 3.90. The first-order valence-electron chi connectivity index (χ1n) is 7.27. The number of hydrogen-bond acceptors (Lipinski definition) is 4. The van der Waals surface area contributed by atoms with Crippen molar-refractivity contribution in [1.82, 2.24) is 5.32 Å². The predicted octanol–water partition coefficient (Wildman–Crippen LogP) is 3.69. The summed E-state index contributed by atoms with van der Waals surface area (Å²) in [5, 5.41) is 12.7. The van der Waals surface area contributed by atoms with E-state index in [-0.39, 0.29) is 12.5 Å². The molecule has 0 atom stereocenters. The van der Waals surface area contributed by atoms with E-state index < -0.39 is 5.54 Å². The number of halogens is 1. The lowest BCUT2D eigenvalue weighted by Gasteiger charge is -2.38. The fourth-order valence-electron chi connectivity index (χ4n) is 2.64. The van der Waals surface area contributed by atoms with Gasteiger partial charge in [0.25, 0.3) is 0 Å². The first kappa shape index (κ1) is 17.1. The van der Waals surface area contributed by atoms with Gasteiger partial charge in [0.05, 0.1) is 22.2 Å². The highest BCUT2D eigenvalue weighted by Crippen LogP contribution is 2.32. The molecular formula is C15H22ClNO2S2. The number of aliphatic hydroxyl groups excluding tert-OH is 1. The molecule has 0 aromatic carbocycles. The third-order valence-electron chi connectivity index (χ3n) is 4.04. The van der Waals surface area contributed by atoms with E-state index in [2.05, 4.69) is 12.2 Å². The van der Waals surface area contributed by atoms with Gasteiger partial charge in [0.1, 0.15) is 0 Å². The fraction of sp³-hybridized carbons (Fsp3) is 0.667. The second-order valence-corrected chi connectivity index (χ2v) is 8.65. The summed E-state index contributed by atoms with van der Waals surface area (Å²) in [5.74, 6) is 1.94. The Morgan fingerprint density at radius 1 is 1.52 bits per heavy atom. The van der Waals surface area contributed by atoms with Crippen molar-refractivity contribution in [2.24, 2.45) is 5.92 Å². The van der Waals surface area contributed by atoms with Crippen LogP contribution in [0.2, 0.25) is 4.34 Å². The van der Waals surface area contributed by atoms with Gasteiger partial charge in [-0.25, -0.2) is 0 Å². The number of nitrogens with one attached hydrogen (secondary N) is 1. The molecule has 118 valence electrons. The number of thiophene rings is 1. The van der Waals surface area contributed by atoms with Crippen molar-refractivity contribution < 1.29 is 9.90 Å². The maximum atomic E-state index is 12.1. The lowest BCUT2D eigenvalue weighted by Crippen LogP contribution is -2.53. The zero-order valence-corrected chi connectivity index (χ0v) is 14.6. The molecule has 1 heterocycles. The van der Waals surface area contributed by atoms with Crippen molar-refractivity contribution in [3.05, 3.63) is 21.3 Å². The van der Waals surface area contributed by atoms with E-state index in [1.165, 1.54) is 4.88 Å². The van der Waals surface area contributed by atoms with Gasteiger partial charge >= 0.3 is 0 Å². The number of rotatable bonds is 6. The maximum Gasteiger partial charge on any atom is 0.230 e. The Balaban J connectivity index is 1.75. The van der Waals surface area contributed by atoms with Crippen molar-refractivity contribution in [2.45, 2.75) is 43.9 Å². The molecule has 0 radical (unpaired) electrons. The summed E-state index contributed by atoms with van der Waals surface area (Å²) in [6.45, 7) is 2.27. The normalized spacial score (nSPS) is 25.8. The highest BCUT2D eigenvalue weighted by molar-refractivity contribution is 7.99. The molecule has 21 heavy (non-hydrogen) atoms. The number of aliphatic hydroxyl groups is 1. The molecule has 1 aromatic heterocycles. The Hall–Kier alpha value is -0.230. The van der Waals surface area contributed by atoms with E-state index in [0.29, 0.717) is 11.7 Å². The van der Waals surface area contributed by atoms with Crippen LogP contribution >= 0.6 is 34.7 Å². The van der Waals surface area contributed by atoms with Gasteiger partial charge in [0.2, 0.25) is 5.91 Å². The third kappa shape index (κ3) is 5.16. The van der Waals surface area contributed by atoms with Crippen molar-refractivity contribution in [3.63, 3.8) is 0 Å². The van der Waals surface area contributed by atoms with Crippen LogP contribution in [-0.4, -0.2) is 28.9 Å². The van der Waals surface area contributed by atoms with E-state index >= 15 is 0 Å². The molecule has 2 rings (SSSR count). The smallest absolute Gasteiger partial charge is 0.230 e. The van der Waals surface area contributed by atoms with Gasteiger partial charge in [0.15, 0.2) is 0 Å². The minimum absolute atomic E-state index is 0.0197. The summed E-state index contributed by atoms with van der Waals surface area (Å²) in [7, 11) is 0. The monoisotopic (exact) mass is 347 g/mol. The van der Waals surface area contributed by atoms with Gasteiger partial charge < -0.3 is 10.4 Å². The quantitative estimate of drug-likeness (QED) is 0.825. The number of hydrogen-bond donors (Lipinski definition) is 2. The predicted molar refractivity (Wildman–Crippen MR) is 91.1 cm³/mol. The summed E-state index contributed by atoms with van der Waals surface area (Å²) in [6, 6.07) is 3.88. The van der Waals surface area contributed by atoms with Crippen LogP contribution in [0, 0.1) is 5.92 Å². The van der Waals surface area contributed by atoms with Crippen LogP contribution in [0.25, 0.3) is 0 Å². The topological polar surface area (TPSA) is 49.3 Å². The van der Waals surface area contributed by atoms with Gasteiger partial charge in [0, 0.05) is 10.6 Å². The van der Waals surface area contributed by atoms with Crippen LogP contribution in [0.3, 0.4) is 0 Å². The highest BCUT2D eigenvalue weighted by Gasteiger charge is 2.34. The summed E-state index contributed by atoms with van der Waals surface area (Å²) in [4.78, 5) is 13.3. The minimum atomic E-state index is -0.392. The van der Waals surface area contributed by atoms with Crippen LogP contribution in [0.1, 0.15) is 37.5 Å². The molecule has 0 saturated heterocycles. The molecule has 1 aliphatic carbocycles. The van der Waals surface area contributed by atoms with Gasteiger partial charge in [-0.2, -0.15) is 0 Å². The van der Waals surface area contributed by atoms with Crippen molar-refractivity contribution >= 4 is 40.6 Å². The van der Waals surface area contributed by atoms with Crippen LogP contribution in [0.15, 0.2) is 12.1 Å². The molecule has 6 heteroatoms. The molecule has 0 bridgehead atoms. The number of carbonyl (C=O) groups excluding carboxylic acids is 1. The minimum Gasteiger partial charge on any atom is -0.394 e. The zero-order valence-electron chi connectivity index (χ0n) is 12.2. The van der Waals surface area contributed by atoms with Crippen LogP contribution in [-0.2, 0) is 10.5 Å².